The summed E-state index contributed by atoms with van der Waals surface area (Å²) in [5, 5.41) is 0.617. The molecule has 0 saturated carbocycles. The number of para-hydroxylation sites is 1. The zero-order valence-corrected chi connectivity index (χ0v) is 10.9. The first-order chi connectivity index (χ1) is 9.24. The molecule has 3 nitrogen and oxygen atoms in total. The molecule has 0 N–H and O–H groups in total. The molecular formula is C15H12ClNO2. The Kier molecular flexibility index (Phi) is 3.13. The summed E-state index contributed by atoms with van der Waals surface area (Å²) in [4.78, 5) is 13.8. The van der Waals surface area contributed by atoms with Gasteiger partial charge in [0.05, 0.1) is 5.69 Å². The molecule has 3 rings (SSSR count). The molecule has 0 radical (unpaired) electrons. The van der Waals surface area contributed by atoms with Crippen LogP contribution < -0.4 is 9.64 Å². The van der Waals surface area contributed by atoms with Crippen LogP contribution in [-0.2, 0) is 6.42 Å². The number of carbonyl (C=O) groups is 1. The molecule has 0 saturated heterocycles. The van der Waals surface area contributed by atoms with Gasteiger partial charge in [-0.3, -0.25) is 4.90 Å². The Morgan fingerprint density at radius 1 is 1.11 bits per heavy atom. The van der Waals surface area contributed by atoms with Crippen LogP contribution in [0.2, 0.25) is 5.02 Å². The van der Waals surface area contributed by atoms with Crippen molar-refractivity contribution in [2.75, 3.05) is 11.4 Å². The van der Waals surface area contributed by atoms with Crippen molar-refractivity contribution in [3.8, 4) is 5.75 Å². The molecule has 0 fully saturated rings. The van der Waals surface area contributed by atoms with E-state index in [0.717, 1.165) is 12.1 Å². The van der Waals surface area contributed by atoms with Crippen LogP contribution in [0.5, 0.6) is 5.75 Å². The molecule has 1 amide bonds. The fourth-order valence-electron chi connectivity index (χ4n) is 2.19. The number of rotatable bonds is 1. The molecule has 0 unspecified atom stereocenters. The fourth-order valence-corrected chi connectivity index (χ4v) is 2.31. The normalized spacial score (nSPS) is 13.2. The zero-order chi connectivity index (χ0) is 13.2. The third kappa shape index (κ3) is 2.42. The maximum atomic E-state index is 12.1. The first kappa shape index (κ1) is 12.1. The number of hydrogen-bond donors (Lipinski definition) is 0. The van der Waals surface area contributed by atoms with Crippen LogP contribution >= 0.6 is 11.6 Å². The third-order valence-electron chi connectivity index (χ3n) is 3.13. The lowest BCUT2D eigenvalue weighted by atomic mass is 10.2. The summed E-state index contributed by atoms with van der Waals surface area (Å²) in [5.41, 5.74) is 2.11. The van der Waals surface area contributed by atoms with E-state index in [2.05, 4.69) is 0 Å². The van der Waals surface area contributed by atoms with Crippen LogP contribution in [0.3, 0.4) is 0 Å². The predicted octanol–water partition coefficient (Wildman–Crippen LogP) is 3.90. The summed E-state index contributed by atoms with van der Waals surface area (Å²) in [5.74, 6) is 0.499. The average molecular weight is 274 g/mol. The number of fused-ring (bicyclic) bond motifs is 1. The van der Waals surface area contributed by atoms with Crippen molar-refractivity contribution in [1.82, 2.24) is 0 Å². The van der Waals surface area contributed by atoms with E-state index in [1.165, 1.54) is 5.56 Å². The number of nitrogens with zero attached hydrogens (tertiary/aromatic N) is 1. The topological polar surface area (TPSA) is 29.5 Å². The second-order valence-electron chi connectivity index (χ2n) is 4.35. The molecular weight excluding hydrogens is 262 g/mol. The SMILES string of the molecule is O=C(Oc1ccc(Cl)cc1)N1CCc2ccccc21. The molecule has 1 aliphatic rings. The quantitative estimate of drug-likeness (QED) is 0.789. The van der Waals surface area contributed by atoms with E-state index < -0.39 is 0 Å². The van der Waals surface area contributed by atoms with E-state index in [4.69, 9.17) is 16.3 Å². The highest BCUT2D eigenvalue weighted by Crippen LogP contribution is 2.28. The highest BCUT2D eigenvalue weighted by Gasteiger charge is 2.25. The Hall–Kier alpha value is -2.00. The summed E-state index contributed by atoms with van der Waals surface area (Å²) < 4.78 is 5.34. The Labute approximate surface area is 116 Å². The molecule has 96 valence electrons. The molecule has 2 aromatic rings. The van der Waals surface area contributed by atoms with Gasteiger partial charge < -0.3 is 4.74 Å². The van der Waals surface area contributed by atoms with E-state index >= 15 is 0 Å². The van der Waals surface area contributed by atoms with Crippen LogP contribution in [0, 0.1) is 0 Å². The van der Waals surface area contributed by atoms with Gasteiger partial charge in [0.1, 0.15) is 5.75 Å². The average Bonchev–Trinajstić information content (AvgIpc) is 2.85. The Morgan fingerprint density at radius 3 is 2.63 bits per heavy atom. The van der Waals surface area contributed by atoms with E-state index in [9.17, 15) is 4.79 Å². The molecule has 0 bridgehead atoms. The van der Waals surface area contributed by atoms with E-state index in [1.54, 1.807) is 29.2 Å². The van der Waals surface area contributed by atoms with Crippen molar-refractivity contribution < 1.29 is 9.53 Å². The lowest BCUT2D eigenvalue weighted by molar-refractivity contribution is 0.208. The van der Waals surface area contributed by atoms with Gasteiger partial charge in [-0.2, -0.15) is 0 Å². The summed E-state index contributed by atoms with van der Waals surface area (Å²) in [6.45, 7) is 0.659. The molecule has 1 heterocycles. The maximum absolute atomic E-state index is 12.1. The van der Waals surface area contributed by atoms with E-state index in [0.29, 0.717) is 17.3 Å². The molecule has 2 aromatic carbocycles. The van der Waals surface area contributed by atoms with Crippen molar-refractivity contribution in [3.05, 3.63) is 59.1 Å². The maximum Gasteiger partial charge on any atom is 0.419 e. The summed E-state index contributed by atoms with van der Waals surface area (Å²) >= 11 is 5.79. The van der Waals surface area contributed by atoms with Crippen LogP contribution in [0.25, 0.3) is 0 Å². The van der Waals surface area contributed by atoms with Gasteiger partial charge >= 0.3 is 6.09 Å². The van der Waals surface area contributed by atoms with Crippen LogP contribution in [0.4, 0.5) is 10.5 Å². The van der Waals surface area contributed by atoms with Gasteiger partial charge in [-0.15, -0.1) is 0 Å². The van der Waals surface area contributed by atoms with Crippen LogP contribution in [0.1, 0.15) is 5.56 Å². The number of carbonyl (C=O) groups excluding carboxylic acids is 1. The predicted molar refractivity (Wildman–Crippen MR) is 75.0 cm³/mol. The molecule has 0 atom stereocenters. The summed E-state index contributed by atoms with van der Waals surface area (Å²) in [6.07, 6.45) is 0.513. The number of anilines is 1. The number of amides is 1. The number of benzene rings is 2. The molecule has 1 aliphatic heterocycles. The number of ether oxygens (including phenoxy) is 1. The zero-order valence-electron chi connectivity index (χ0n) is 10.2. The van der Waals surface area contributed by atoms with Gasteiger partial charge in [-0.25, -0.2) is 4.79 Å². The highest BCUT2D eigenvalue weighted by molar-refractivity contribution is 6.30. The van der Waals surface area contributed by atoms with Crippen molar-refractivity contribution >= 4 is 23.4 Å². The first-order valence-electron chi connectivity index (χ1n) is 6.07. The molecule has 0 aliphatic carbocycles. The molecule has 0 aromatic heterocycles. The molecule has 0 spiro atoms. The monoisotopic (exact) mass is 273 g/mol. The minimum absolute atomic E-state index is 0.354. The van der Waals surface area contributed by atoms with Crippen molar-refractivity contribution in [1.29, 1.82) is 0 Å². The van der Waals surface area contributed by atoms with Crippen molar-refractivity contribution in [2.24, 2.45) is 0 Å². The Bertz CT molecular complexity index is 610. The van der Waals surface area contributed by atoms with Crippen LogP contribution in [-0.4, -0.2) is 12.6 Å². The lowest BCUT2D eigenvalue weighted by Gasteiger charge is -2.16. The minimum atomic E-state index is -0.354. The third-order valence-corrected chi connectivity index (χ3v) is 3.38. The highest BCUT2D eigenvalue weighted by atomic mass is 35.5. The summed E-state index contributed by atoms with van der Waals surface area (Å²) in [7, 11) is 0. The Morgan fingerprint density at radius 2 is 1.84 bits per heavy atom. The Balaban J connectivity index is 1.77. The summed E-state index contributed by atoms with van der Waals surface area (Å²) in [6, 6.07) is 14.6. The van der Waals surface area contributed by atoms with Gasteiger partial charge in [0, 0.05) is 11.6 Å². The molecule has 19 heavy (non-hydrogen) atoms. The first-order valence-corrected chi connectivity index (χ1v) is 6.45. The fraction of sp³-hybridized carbons (Fsp3) is 0.133. The molecule has 4 heteroatoms. The number of hydrogen-bond acceptors (Lipinski definition) is 2. The van der Waals surface area contributed by atoms with Crippen LogP contribution in [0.15, 0.2) is 48.5 Å². The number of halogens is 1. The van der Waals surface area contributed by atoms with Gasteiger partial charge in [0.15, 0.2) is 0 Å². The van der Waals surface area contributed by atoms with Crippen molar-refractivity contribution in [2.45, 2.75) is 6.42 Å². The van der Waals surface area contributed by atoms with Gasteiger partial charge in [-0.05, 0) is 42.3 Å². The smallest absolute Gasteiger partial charge is 0.410 e. The van der Waals surface area contributed by atoms with E-state index in [-0.39, 0.29) is 6.09 Å². The van der Waals surface area contributed by atoms with E-state index in [1.807, 2.05) is 24.3 Å². The van der Waals surface area contributed by atoms with Gasteiger partial charge in [0.2, 0.25) is 0 Å². The standard InChI is InChI=1S/C15H12ClNO2/c16-12-5-7-13(8-6-12)19-15(18)17-10-9-11-3-1-2-4-14(11)17/h1-8H,9-10H2. The van der Waals surface area contributed by atoms with Gasteiger partial charge in [-0.1, -0.05) is 29.8 Å². The van der Waals surface area contributed by atoms with Gasteiger partial charge in [0.25, 0.3) is 0 Å². The lowest BCUT2D eigenvalue weighted by Crippen LogP contribution is -2.31. The second-order valence-corrected chi connectivity index (χ2v) is 4.79. The second kappa shape index (κ2) is 4.94. The minimum Gasteiger partial charge on any atom is -0.410 e. The van der Waals surface area contributed by atoms with Crippen molar-refractivity contribution in [3.63, 3.8) is 0 Å². The largest absolute Gasteiger partial charge is 0.419 e.